The molecule has 0 aliphatic carbocycles. The summed E-state index contributed by atoms with van der Waals surface area (Å²) in [5, 5.41) is 10.4. The van der Waals surface area contributed by atoms with Gasteiger partial charge in [0.1, 0.15) is 5.75 Å². The van der Waals surface area contributed by atoms with Crippen LogP contribution < -0.4 is 4.74 Å². The summed E-state index contributed by atoms with van der Waals surface area (Å²) in [4.78, 5) is 10.2. The Kier molecular flexibility index (Phi) is 4.98. The first-order valence-corrected chi connectivity index (χ1v) is 9.95. The first-order chi connectivity index (χ1) is 11.9. The summed E-state index contributed by atoms with van der Waals surface area (Å²) in [6.45, 7) is 0.368. The zero-order valence-electron chi connectivity index (χ0n) is 13.4. The van der Waals surface area contributed by atoms with Gasteiger partial charge in [-0.1, -0.05) is 18.2 Å². The Balaban J connectivity index is 1.97. The molecule has 0 aromatic heterocycles. The molecule has 1 heterocycles. The molecule has 1 unspecified atom stereocenters. The molecule has 2 aromatic rings. The molecule has 0 amide bonds. The predicted octanol–water partition coefficient (Wildman–Crippen LogP) is 3.04. The largest absolute Gasteiger partial charge is 0.496 e. The summed E-state index contributed by atoms with van der Waals surface area (Å²) in [6, 6.07) is 12.3. The van der Waals surface area contributed by atoms with Crippen molar-refractivity contribution in [2.45, 2.75) is 10.3 Å². The Hall–Kier alpha value is -2.10. The Morgan fingerprint density at radius 2 is 1.88 bits per heavy atom. The molecule has 0 radical (unpaired) electrons. The highest BCUT2D eigenvalue weighted by Crippen LogP contribution is 2.44. The van der Waals surface area contributed by atoms with Crippen molar-refractivity contribution in [3.63, 3.8) is 0 Å². The van der Waals surface area contributed by atoms with Gasteiger partial charge in [0, 0.05) is 30.0 Å². The van der Waals surface area contributed by atoms with E-state index in [1.54, 1.807) is 13.2 Å². The zero-order valence-corrected chi connectivity index (χ0v) is 15.0. The van der Waals surface area contributed by atoms with Gasteiger partial charge in [-0.25, -0.2) is 8.42 Å². The monoisotopic (exact) mass is 380 g/mol. The molecule has 9 heteroatoms. The van der Waals surface area contributed by atoms with Gasteiger partial charge in [0.25, 0.3) is 5.69 Å². The molecule has 0 bridgehead atoms. The van der Waals surface area contributed by atoms with Gasteiger partial charge in [-0.15, -0.1) is 11.8 Å². The fourth-order valence-corrected chi connectivity index (χ4v) is 5.95. The number of hydrogen-bond acceptors (Lipinski definition) is 6. The van der Waals surface area contributed by atoms with E-state index in [2.05, 4.69) is 0 Å². The third-order valence-corrected chi connectivity index (χ3v) is 7.16. The molecule has 1 saturated heterocycles. The van der Waals surface area contributed by atoms with Gasteiger partial charge in [-0.3, -0.25) is 10.1 Å². The lowest BCUT2D eigenvalue weighted by molar-refractivity contribution is -0.384. The van der Waals surface area contributed by atoms with E-state index in [0.29, 0.717) is 18.0 Å². The first-order valence-electron chi connectivity index (χ1n) is 7.46. The van der Waals surface area contributed by atoms with Crippen LogP contribution in [0.5, 0.6) is 5.75 Å². The Labute approximate surface area is 149 Å². The number of ether oxygens (including phenoxy) is 1. The van der Waals surface area contributed by atoms with E-state index in [-0.39, 0.29) is 10.6 Å². The van der Waals surface area contributed by atoms with Crippen LogP contribution >= 0.6 is 11.8 Å². The number of hydrogen-bond donors (Lipinski definition) is 0. The number of nitro groups is 1. The molecule has 1 fully saturated rings. The number of thioether (sulfide) groups is 1. The lowest BCUT2D eigenvalue weighted by Gasteiger charge is -2.24. The first kappa shape index (κ1) is 17.7. The van der Waals surface area contributed by atoms with Crippen LogP contribution in [0.2, 0.25) is 0 Å². The zero-order chi connectivity index (χ0) is 18.0. The Morgan fingerprint density at radius 1 is 1.20 bits per heavy atom. The summed E-state index contributed by atoms with van der Waals surface area (Å²) in [7, 11) is -2.22. The van der Waals surface area contributed by atoms with Crippen LogP contribution in [0.25, 0.3) is 0 Å². The van der Waals surface area contributed by atoms with Crippen molar-refractivity contribution >= 4 is 27.5 Å². The maximum Gasteiger partial charge on any atom is 0.269 e. The van der Waals surface area contributed by atoms with E-state index in [1.807, 2.05) is 18.2 Å². The fourth-order valence-electron chi connectivity index (χ4n) is 2.69. The van der Waals surface area contributed by atoms with E-state index in [9.17, 15) is 18.5 Å². The van der Waals surface area contributed by atoms with Crippen LogP contribution in [-0.4, -0.2) is 37.1 Å². The van der Waals surface area contributed by atoms with Crippen molar-refractivity contribution in [2.24, 2.45) is 0 Å². The second-order valence-electron chi connectivity index (χ2n) is 5.33. The molecule has 0 spiro atoms. The number of sulfonamides is 1. The van der Waals surface area contributed by atoms with Crippen LogP contribution in [0.4, 0.5) is 5.69 Å². The third kappa shape index (κ3) is 3.35. The van der Waals surface area contributed by atoms with E-state index in [0.717, 1.165) is 5.56 Å². The summed E-state index contributed by atoms with van der Waals surface area (Å²) in [5.74, 6) is 1.29. The second-order valence-corrected chi connectivity index (χ2v) is 8.41. The molecule has 0 N–H and O–H groups in total. The molecule has 0 saturated carbocycles. The van der Waals surface area contributed by atoms with Crippen molar-refractivity contribution < 1.29 is 18.1 Å². The van der Waals surface area contributed by atoms with E-state index in [1.165, 1.54) is 40.3 Å². The minimum absolute atomic E-state index is 0.0421. The molecule has 1 aliphatic rings. The molecule has 25 heavy (non-hydrogen) atoms. The standard InChI is InChI=1S/C16H16N2O5S2/c1-23-15-5-3-2-4-14(15)16-17(10-11-24-16)25(21,22)13-8-6-12(7-9-13)18(19)20/h2-9,16H,10-11H2,1H3. The van der Waals surface area contributed by atoms with Gasteiger partial charge >= 0.3 is 0 Å². The lowest BCUT2D eigenvalue weighted by Crippen LogP contribution is -2.30. The molecule has 132 valence electrons. The SMILES string of the molecule is COc1ccccc1C1SCCN1S(=O)(=O)c1ccc([N+](=O)[O-])cc1. The maximum atomic E-state index is 13.0. The third-order valence-electron chi connectivity index (χ3n) is 3.91. The maximum absolute atomic E-state index is 13.0. The second kappa shape index (κ2) is 7.03. The molecule has 1 aliphatic heterocycles. The molecule has 1 atom stereocenters. The van der Waals surface area contributed by atoms with Crippen molar-refractivity contribution in [3.8, 4) is 5.75 Å². The summed E-state index contributed by atoms with van der Waals surface area (Å²) in [6.07, 6.45) is 0. The topological polar surface area (TPSA) is 89.8 Å². The van der Waals surface area contributed by atoms with Gasteiger partial charge < -0.3 is 4.74 Å². The normalized spacial score (nSPS) is 18.2. The number of benzene rings is 2. The van der Waals surface area contributed by atoms with E-state index >= 15 is 0 Å². The van der Waals surface area contributed by atoms with Crippen molar-refractivity contribution in [2.75, 3.05) is 19.4 Å². The van der Waals surface area contributed by atoms with Crippen LogP contribution in [0, 0.1) is 10.1 Å². The molecule has 2 aromatic carbocycles. The van der Waals surface area contributed by atoms with Crippen LogP contribution in [0.3, 0.4) is 0 Å². The average Bonchev–Trinajstić information content (AvgIpc) is 3.12. The molecule has 3 rings (SSSR count). The summed E-state index contributed by atoms with van der Waals surface area (Å²) < 4.78 is 32.8. The number of para-hydroxylation sites is 1. The quantitative estimate of drug-likeness (QED) is 0.585. The summed E-state index contributed by atoms with van der Waals surface area (Å²) >= 11 is 1.52. The van der Waals surface area contributed by atoms with Gasteiger partial charge in [-0.05, 0) is 18.2 Å². The van der Waals surface area contributed by atoms with Crippen molar-refractivity contribution in [1.82, 2.24) is 4.31 Å². The van der Waals surface area contributed by atoms with Crippen LogP contribution in [0.15, 0.2) is 53.4 Å². The van der Waals surface area contributed by atoms with Crippen LogP contribution in [0.1, 0.15) is 10.9 Å². The summed E-state index contributed by atoms with van der Waals surface area (Å²) in [5.41, 5.74) is 0.647. The highest BCUT2D eigenvalue weighted by atomic mass is 32.2. The average molecular weight is 380 g/mol. The van der Waals surface area contributed by atoms with Crippen molar-refractivity contribution in [3.05, 3.63) is 64.2 Å². The highest BCUT2D eigenvalue weighted by molar-refractivity contribution is 8.01. The number of nitro benzene ring substituents is 1. The minimum Gasteiger partial charge on any atom is -0.496 e. The van der Waals surface area contributed by atoms with Gasteiger partial charge in [0.15, 0.2) is 0 Å². The van der Waals surface area contributed by atoms with Gasteiger partial charge in [-0.2, -0.15) is 4.31 Å². The van der Waals surface area contributed by atoms with E-state index in [4.69, 9.17) is 4.74 Å². The number of non-ortho nitro benzene ring substituents is 1. The fraction of sp³-hybridized carbons (Fsp3) is 0.250. The number of nitrogens with zero attached hydrogens (tertiary/aromatic N) is 2. The molecular formula is C16H16N2O5S2. The Bertz CT molecular complexity index is 884. The lowest BCUT2D eigenvalue weighted by atomic mass is 10.2. The number of rotatable bonds is 5. The van der Waals surface area contributed by atoms with Crippen LogP contribution in [-0.2, 0) is 10.0 Å². The van der Waals surface area contributed by atoms with Gasteiger partial charge in [0.2, 0.25) is 10.0 Å². The minimum atomic E-state index is -3.77. The highest BCUT2D eigenvalue weighted by Gasteiger charge is 2.38. The van der Waals surface area contributed by atoms with E-state index < -0.39 is 20.3 Å². The molecule has 7 nitrogen and oxygen atoms in total. The van der Waals surface area contributed by atoms with Gasteiger partial charge in [0.05, 0.1) is 22.3 Å². The predicted molar refractivity (Wildman–Crippen MR) is 95.2 cm³/mol. The number of methoxy groups -OCH3 is 1. The smallest absolute Gasteiger partial charge is 0.269 e. The molecular weight excluding hydrogens is 364 g/mol. The Morgan fingerprint density at radius 3 is 2.52 bits per heavy atom. The van der Waals surface area contributed by atoms with Crippen molar-refractivity contribution in [1.29, 1.82) is 0 Å².